The molecule has 0 atom stereocenters. The second kappa shape index (κ2) is 10.3. The lowest BCUT2D eigenvalue weighted by atomic mass is 10.1. The zero-order chi connectivity index (χ0) is 23.9. The van der Waals surface area contributed by atoms with Crippen molar-refractivity contribution in [3.63, 3.8) is 0 Å². The predicted molar refractivity (Wildman–Crippen MR) is 109 cm³/mol. The predicted octanol–water partition coefficient (Wildman–Crippen LogP) is 3.88. The molecule has 3 aromatic rings. The van der Waals surface area contributed by atoms with E-state index >= 15 is 0 Å². The normalized spacial score (nSPS) is 10.7. The number of nitrogens with zero attached hydrogens (tertiary/aromatic N) is 2. The summed E-state index contributed by atoms with van der Waals surface area (Å²) in [4.78, 5) is 22.5. The van der Waals surface area contributed by atoms with Crippen molar-refractivity contribution in [2.45, 2.75) is 12.7 Å². The van der Waals surface area contributed by atoms with Crippen LogP contribution in [0.5, 0.6) is 5.75 Å². The molecule has 0 radical (unpaired) electrons. The van der Waals surface area contributed by atoms with Crippen LogP contribution in [0.15, 0.2) is 54.7 Å². The summed E-state index contributed by atoms with van der Waals surface area (Å²) in [6.07, 6.45) is -2.57. The number of hydrogen-bond donors (Lipinski definition) is 3. The monoisotopic (exact) mass is 451 g/mol. The van der Waals surface area contributed by atoms with Crippen LogP contribution in [0.2, 0.25) is 0 Å². The van der Waals surface area contributed by atoms with Crippen molar-refractivity contribution in [2.75, 3.05) is 12.4 Å². The summed E-state index contributed by atoms with van der Waals surface area (Å²) < 4.78 is 44.8. The van der Waals surface area contributed by atoms with Crippen LogP contribution in [-0.4, -0.2) is 38.8 Å². The summed E-state index contributed by atoms with van der Waals surface area (Å²) in [7, 11) is 3.49. The maximum Gasteiger partial charge on any atom is 0.416 e. The number of methoxy groups -OCH3 is 1. The van der Waals surface area contributed by atoms with E-state index in [1.165, 1.54) is 12.1 Å². The second-order valence-electron chi connectivity index (χ2n) is 6.41. The average Bonchev–Trinajstić information content (AvgIpc) is 3.12. The van der Waals surface area contributed by atoms with Crippen molar-refractivity contribution in [3.05, 3.63) is 65.9 Å². The number of imidazole rings is 1. The Hall–Kier alpha value is -4.02. The van der Waals surface area contributed by atoms with Crippen LogP contribution < -0.4 is 10.1 Å². The number of ether oxygens (including phenoxy) is 1. The zero-order valence-corrected chi connectivity index (χ0v) is 17.1. The van der Waals surface area contributed by atoms with E-state index in [0.717, 1.165) is 34.7 Å². The number of benzene rings is 2. The molecule has 32 heavy (non-hydrogen) atoms. The molecule has 0 spiro atoms. The van der Waals surface area contributed by atoms with Crippen LogP contribution in [-0.2, 0) is 29.4 Å². The van der Waals surface area contributed by atoms with Crippen LogP contribution >= 0.6 is 0 Å². The average molecular weight is 451 g/mol. The number of anilines is 1. The number of halogens is 3. The Morgan fingerprint density at radius 1 is 1.03 bits per heavy atom. The molecule has 2 aromatic carbocycles. The van der Waals surface area contributed by atoms with Gasteiger partial charge in [-0.1, -0.05) is 12.1 Å². The van der Waals surface area contributed by atoms with Gasteiger partial charge in [0, 0.05) is 19.2 Å². The number of nitrogens with one attached hydrogen (secondary N) is 1. The first kappa shape index (κ1) is 24.3. The van der Waals surface area contributed by atoms with Gasteiger partial charge in [-0.05, 0) is 42.0 Å². The highest BCUT2D eigenvalue weighted by Crippen LogP contribution is 2.29. The molecule has 0 bridgehead atoms. The molecule has 3 N–H and O–H groups in total. The van der Waals surface area contributed by atoms with Gasteiger partial charge in [0.25, 0.3) is 0 Å². The topological polar surface area (TPSA) is 114 Å². The minimum Gasteiger partial charge on any atom is -0.497 e. The number of alkyl halides is 3. The summed E-state index contributed by atoms with van der Waals surface area (Å²) in [6, 6.07) is 12.7. The third-order valence-corrected chi connectivity index (χ3v) is 4.29. The van der Waals surface area contributed by atoms with Gasteiger partial charge in [0.05, 0.1) is 24.6 Å². The van der Waals surface area contributed by atoms with E-state index in [0.29, 0.717) is 12.5 Å². The summed E-state index contributed by atoms with van der Waals surface area (Å²) >= 11 is 0. The van der Waals surface area contributed by atoms with Crippen molar-refractivity contribution in [1.29, 1.82) is 0 Å². The third kappa shape index (κ3) is 6.49. The van der Waals surface area contributed by atoms with Crippen LogP contribution in [0.25, 0.3) is 11.3 Å². The van der Waals surface area contributed by atoms with Crippen LogP contribution in [0.4, 0.5) is 19.1 Å². The molecule has 0 fully saturated rings. The molecule has 0 aliphatic rings. The van der Waals surface area contributed by atoms with Gasteiger partial charge in [-0.3, -0.25) is 0 Å². The molecule has 170 valence electrons. The first-order valence-electron chi connectivity index (χ1n) is 9.05. The van der Waals surface area contributed by atoms with Gasteiger partial charge in [-0.2, -0.15) is 13.2 Å². The molecule has 0 saturated heterocycles. The van der Waals surface area contributed by atoms with E-state index < -0.39 is 23.7 Å². The van der Waals surface area contributed by atoms with Gasteiger partial charge in [0.2, 0.25) is 5.95 Å². The Balaban J connectivity index is 0.000000534. The maximum absolute atomic E-state index is 12.6. The lowest BCUT2D eigenvalue weighted by Gasteiger charge is -2.10. The molecule has 11 heteroatoms. The van der Waals surface area contributed by atoms with Crippen molar-refractivity contribution in [3.8, 4) is 17.0 Å². The molecule has 0 saturated carbocycles. The Morgan fingerprint density at radius 3 is 2.06 bits per heavy atom. The van der Waals surface area contributed by atoms with Crippen molar-refractivity contribution in [2.24, 2.45) is 7.05 Å². The van der Waals surface area contributed by atoms with Gasteiger partial charge in [0.15, 0.2) is 0 Å². The number of carbonyl (C=O) groups is 2. The summed E-state index contributed by atoms with van der Waals surface area (Å²) in [5.41, 5.74) is 2.00. The number of aliphatic carboxylic acids is 2. The van der Waals surface area contributed by atoms with Crippen LogP contribution in [0, 0.1) is 0 Å². The van der Waals surface area contributed by atoms with Gasteiger partial charge in [-0.15, -0.1) is 0 Å². The molecule has 1 heterocycles. The zero-order valence-electron chi connectivity index (χ0n) is 17.1. The highest BCUT2D eigenvalue weighted by Gasteiger charge is 2.29. The van der Waals surface area contributed by atoms with Crippen LogP contribution in [0.1, 0.15) is 11.1 Å². The van der Waals surface area contributed by atoms with Gasteiger partial charge < -0.3 is 24.8 Å². The third-order valence-electron chi connectivity index (χ3n) is 4.29. The fraction of sp³-hybridized carbons (Fsp3) is 0.190. The fourth-order valence-corrected chi connectivity index (χ4v) is 2.60. The lowest BCUT2D eigenvalue weighted by molar-refractivity contribution is -0.159. The van der Waals surface area contributed by atoms with E-state index in [2.05, 4.69) is 10.3 Å². The maximum atomic E-state index is 12.6. The van der Waals surface area contributed by atoms with E-state index in [1.807, 2.05) is 35.9 Å². The van der Waals surface area contributed by atoms with Gasteiger partial charge >= 0.3 is 18.1 Å². The van der Waals surface area contributed by atoms with Crippen LogP contribution in [0.3, 0.4) is 0 Å². The second-order valence-corrected chi connectivity index (χ2v) is 6.41. The first-order chi connectivity index (χ1) is 15.0. The molecular weight excluding hydrogens is 431 g/mol. The number of carboxylic acid groups (broad SMARTS) is 2. The molecule has 0 aliphatic heterocycles. The molecule has 3 rings (SSSR count). The van der Waals surface area contributed by atoms with E-state index in [-0.39, 0.29) is 0 Å². The molecule has 0 aliphatic carbocycles. The quantitative estimate of drug-likeness (QED) is 0.505. The minimum absolute atomic E-state index is 0.380. The fourth-order valence-electron chi connectivity index (χ4n) is 2.60. The largest absolute Gasteiger partial charge is 0.497 e. The highest BCUT2D eigenvalue weighted by atomic mass is 19.4. The summed E-state index contributed by atoms with van der Waals surface area (Å²) in [5, 5.41) is 17.9. The number of hydrogen-bond acceptors (Lipinski definition) is 5. The molecule has 8 nitrogen and oxygen atoms in total. The minimum atomic E-state index is -4.32. The van der Waals surface area contributed by atoms with Crippen molar-refractivity contribution < 1.29 is 37.7 Å². The Labute approximate surface area is 180 Å². The molecular formula is C21H20F3N3O5. The molecule has 0 amide bonds. The van der Waals surface area contributed by atoms with Crippen molar-refractivity contribution in [1.82, 2.24) is 9.55 Å². The Bertz CT molecular complexity index is 1050. The van der Waals surface area contributed by atoms with Gasteiger partial charge in [-0.25, -0.2) is 14.6 Å². The molecule has 0 unspecified atom stereocenters. The lowest BCUT2D eigenvalue weighted by Crippen LogP contribution is -2.09. The number of aromatic nitrogens is 2. The number of carboxylic acids is 2. The Morgan fingerprint density at radius 2 is 1.59 bits per heavy atom. The highest BCUT2D eigenvalue weighted by molar-refractivity contribution is 6.27. The SMILES string of the molecule is COc1ccc(-c2cnc(NCc3ccc(C(F)(F)F)cc3)n2C)cc1.O=C(O)C(=O)O. The summed E-state index contributed by atoms with van der Waals surface area (Å²) in [5.74, 6) is -2.24. The van der Waals surface area contributed by atoms with E-state index in [4.69, 9.17) is 24.5 Å². The van der Waals surface area contributed by atoms with E-state index in [9.17, 15) is 13.2 Å². The van der Waals surface area contributed by atoms with E-state index in [1.54, 1.807) is 13.3 Å². The first-order valence-corrected chi connectivity index (χ1v) is 9.05. The van der Waals surface area contributed by atoms with Gasteiger partial charge in [0.1, 0.15) is 5.75 Å². The summed E-state index contributed by atoms with van der Waals surface area (Å²) in [6.45, 7) is 0.380. The Kier molecular flexibility index (Phi) is 7.83. The van der Waals surface area contributed by atoms with Crippen molar-refractivity contribution >= 4 is 17.9 Å². The standard InChI is InChI=1S/C19H18F3N3O.C2H2O4/c1-25-17(14-5-9-16(26-2)10-6-14)12-24-18(25)23-11-13-3-7-15(8-4-13)19(20,21)22;3-1(4)2(5)6/h3-10,12H,11H2,1-2H3,(H,23,24);(H,3,4)(H,5,6). The molecule has 1 aromatic heterocycles. The number of rotatable bonds is 5. The smallest absolute Gasteiger partial charge is 0.416 e.